The van der Waals surface area contributed by atoms with Gasteiger partial charge in [-0.3, -0.25) is 14.3 Å². The molecule has 0 saturated carbocycles. The van der Waals surface area contributed by atoms with E-state index in [1.54, 1.807) is 15.6 Å². The Morgan fingerprint density at radius 3 is 2.43 bits per heavy atom. The molecule has 2 aromatic carbocycles. The molecule has 0 N–H and O–H groups in total. The number of nitriles is 1. The molecule has 42 heavy (non-hydrogen) atoms. The molecule has 9 nitrogen and oxygen atoms in total. The van der Waals surface area contributed by atoms with Crippen LogP contribution in [0.15, 0.2) is 54.6 Å². The molecule has 216 valence electrons. The van der Waals surface area contributed by atoms with Crippen LogP contribution in [0.5, 0.6) is 0 Å². The molecular formula is C30H27F3N6O3. The van der Waals surface area contributed by atoms with Gasteiger partial charge in [0.2, 0.25) is 0 Å². The Labute approximate surface area is 239 Å². The van der Waals surface area contributed by atoms with Crippen LogP contribution in [0.2, 0.25) is 0 Å². The number of alkyl halides is 3. The van der Waals surface area contributed by atoms with E-state index in [2.05, 4.69) is 0 Å². The number of amides is 4. The molecule has 2 unspecified atom stereocenters. The molecule has 3 aliphatic heterocycles. The highest BCUT2D eigenvalue weighted by Gasteiger charge is 2.63. The van der Waals surface area contributed by atoms with Crippen molar-refractivity contribution in [2.45, 2.75) is 63.5 Å². The van der Waals surface area contributed by atoms with E-state index in [9.17, 15) is 27.6 Å². The summed E-state index contributed by atoms with van der Waals surface area (Å²) in [6.45, 7) is 6.54. The van der Waals surface area contributed by atoms with Gasteiger partial charge in [0.15, 0.2) is 0 Å². The zero-order valence-corrected chi connectivity index (χ0v) is 23.1. The standard InChI is InChI=1S/C30H27F3N6O3/c1-29(2,3)24-13-23(37(35-24)15-17-7-5-4-6-8-17)26(40)36-16-20-12-22(36)25-27(41)39(28(42)38(20)25)19-10-9-18(14-34)21(11-19)30(31,32)33/h4-11,13,20,22,25H,12,15-16H2,1-3H3/t20-,22?,25?/m1/s1. The summed E-state index contributed by atoms with van der Waals surface area (Å²) in [5, 5.41) is 13.9. The molecule has 0 aliphatic carbocycles. The van der Waals surface area contributed by atoms with Gasteiger partial charge < -0.3 is 9.80 Å². The van der Waals surface area contributed by atoms with Gasteiger partial charge in [0.05, 0.1) is 47.2 Å². The van der Waals surface area contributed by atoms with E-state index < -0.39 is 47.4 Å². The van der Waals surface area contributed by atoms with Crippen molar-refractivity contribution in [2.24, 2.45) is 0 Å². The van der Waals surface area contributed by atoms with E-state index in [1.807, 2.05) is 51.1 Å². The van der Waals surface area contributed by atoms with Crippen molar-refractivity contribution < 1.29 is 27.6 Å². The first kappa shape index (κ1) is 27.5. The van der Waals surface area contributed by atoms with Gasteiger partial charge in [-0.15, -0.1) is 0 Å². The van der Waals surface area contributed by atoms with Crippen LogP contribution < -0.4 is 4.90 Å². The van der Waals surface area contributed by atoms with Crippen molar-refractivity contribution in [2.75, 3.05) is 11.4 Å². The number of carbonyl (C=O) groups is 3. The van der Waals surface area contributed by atoms with Crippen molar-refractivity contribution in [3.05, 3.63) is 82.7 Å². The molecule has 3 atom stereocenters. The number of piperazine rings is 1. The quantitative estimate of drug-likeness (QED) is 0.424. The lowest BCUT2D eigenvalue weighted by molar-refractivity contribution is -0.137. The number of imide groups is 1. The molecule has 3 aliphatic rings. The number of aromatic nitrogens is 2. The number of rotatable bonds is 4. The second-order valence-electron chi connectivity index (χ2n) is 11.9. The minimum Gasteiger partial charge on any atom is -0.330 e. The molecule has 3 fully saturated rings. The van der Waals surface area contributed by atoms with Gasteiger partial charge in [0, 0.05) is 12.0 Å². The second kappa shape index (κ2) is 9.44. The highest BCUT2D eigenvalue weighted by molar-refractivity contribution is 6.22. The summed E-state index contributed by atoms with van der Waals surface area (Å²) in [4.78, 5) is 44.7. The van der Waals surface area contributed by atoms with Gasteiger partial charge in [0.1, 0.15) is 11.7 Å². The van der Waals surface area contributed by atoms with E-state index in [-0.39, 0.29) is 23.6 Å². The zero-order chi connectivity index (χ0) is 30.1. The Bertz CT molecular complexity index is 1650. The largest absolute Gasteiger partial charge is 0.417 e. The summed E-state index contributed by atoms with van der Waals surface area (Å²) in [5.41, 5.74) is -0.384. The first-order chi connectivity index (χ1) is 19.8. The van der Waals surface area contributed by atoms with Crippen LogP contribution in [0.25, 0.3) is 0 Å². The number of hydrogen-bond donors (Lipinski definition) is 0. The fourth-order valence-electron chi connectivity index (χ4n) is 6.11. The number of benzene rings is 2. The number of likely N-dealkylation sites (tertiary alicyclic amines) is 1. The van der Waals surface area contributed by atoms with E-state index in [0.29, 0.717) is 24.7 Å². The normalized spacial score (nSPS) is 21.7. The number of halogens is 3. The Hall–Kier alpha value is -4.66. The SMILES string of the molecule is CC(C)(C)c1cc(C(=O)N2C[C@H]3CC2C2C(=O)N(c4ccc(C#N)c(C(F)(F)F)c4)C(=O)N23)n(Cc2ccccc2)n1. The third-order valence-corrected chi connectivity index (χ3v) is 8.16. The van der Waals surface area contributed by atoms with Crippen molar-refractivity contribution in [3.8, 4) is 6.07 Å². The van der Waals surface area contributed by atoms with Crippen molar-refractivity contribution in [1.82, 2.24) is 19.6 Å². The molecule has 4 heterocycles. The first-order valence-electron chi connectivity index (χ1n) is 13.5. The fraction of sp³-hybridized carbons (Fsp3) is 0.367. The van der Waals surface area contributed by atoms with Crippen LogP contribution in [0.4, 0.5) is 23.7 Å². The summed E-state index contributed by atoms with van der Waals surface area (Å²) in [7, 11) is 0. The van der Waals surface area contributed by atoms with Gasteiger partial charge in [-0.05, 0) is 36.2 Å². The maximum absolute atomic E-state index is 14.0. The van der Waals surface area contributed by atoms with Gasteiger partial charge >= 0.3 is 12.2 Å². The van der Waals surface area contributed by atoms with Crippen LogP contribution >= 0.6 is 0 Å². The van der Waals surface area contributed by atoms with Crippen LogP contribution in [0.3, 0.4) is 0 Å². The lowest BCUT2D eigenvalue weighted by Crippen LogP contribution is -2.55. The lowest BCUT2D eigenvalue weighted by atomic mass is 9.92. The molecule has 3 aromatic rings. The van der Waals surface area contributed by atoms with Crippen molar-refractivity contribution >= 4 is 23.5 Å². The number of urea groups is 1. The molecule has 2 bridgehead atoms. The van der Waals surface area contributed by atoms with Gasteiger partial charge in [-0.1, -0.05) is 51.1 Å². The van der Waals surface area contributed by atoms with Crippen LogP contribution in [-0.2, 0) is 22.9 Å². The van der Waals surface area contributed by atoms with E-state index in [0.717, 1.165) is 28.3 Å². The maximum Gasteiger partial charge on any atom is 0.417 e. The van der Waals surface area contributed by atoms with Crippen molar-refractivity contribution in [1.29, 1.82) is 5.26 Å². The summed E-state index contributed by atoms with van der Waals surface area (Å²) < 4.78 is 42.5. The Kier molecular flexibility index (Phi) is 6.18. The number of nitrogens with zero attached hydrogens (tertiary/aromatic N) is 6. The zero-order valence-electron chi connectivity index (χ0n) is 23.1. The van der Waals surface area contributed by atoms with Crippen molar-refractivity contribution in [3.63, 3.8) is 0 Å². The monoisotopic (exact) mass is 576 g/mol. The molecule has 1 aromatic heterocycles. The minimum absolute atomic E-state index is 0.190. The predicted octanol–water partition coefficient (Wildman–Crippen LogP) is 4.55. The Morgan fingerprint density at radius 2 is 1.79 bits per heavy atom. The lowest BCUT2D eigenvalue weighted by Gasteiger charge is -2.34. The number of anilines is 1. The molecule has 4 amide bonds. The molecule has 6 rings (SSSR count). The molecule has 3 saturated heterocycles. The molecule has 0 radical (unpaired) electrons. The van der Waals surface area contributed by atoms with Gasteiger partial charge in [-0.25, -0.2) is 9.69 Å². The molecule has 12 heteroatoms. The number of fused-ring (bicyclic) bond motifs is 5. The Balaban J connectivity index is 1.31. The third kappa shape index (κ3) is 4.31. The van der Waals surface area contributed by atoms with Crippen LogP contribution in [0, 0.1) is 11.3 Å². The second-order valence-corrected chi connectivity index (χ2v) is 11.9. The summed E-state index contributed by atoms with van der Waals surface area (Å²) in [5.74, 6) is -1.02. The smallest absolute Gasteiger partial charge is 0.330 e. The summed E-state index contributed by atoms with van der Waals surface area (Å²) >= 11 is 0. The van der Waals surface area contributed by atoms with E-state index >= 15 is 0 Å². The van der Waals surface area contributed by atoms with E-state index in [1.165, 1.54) is 11.0 Å². The number of hydrogen-bond acceptors (Lipinski definition) is 5. The topological polar surface area (TPSA) is 103 Å². The van der Waals surface area contributed by atoms with Crippen LogP contribution in [-0.4, -0.2) is 62.1 Å². The molecular weight excluding hydrogens is 549 g/mol. The highest BCUT2D eigenvalue weighted by Crippen LogP contribution is 2.44. The van der Waals surface area contributed by atoms with Gasteiger partial charge in [-0.2, -0.15) is 23.5 Å². The Morgan fingerprint density at radius 1 is 1.07 bits per heavy atom. The maximum atomic E-state index is 14.0. The average Bonchev–Trinajstić information content (AvgIpc) is 3.70. The first-order valence-corrected chi connectivity index (χ1v) is 13.5. The van der Waals surface area contributed by atoms with E-state index in [4.69, 9.17) is 10.4 Å². The summed E-state index contributed by atoms with van der Waals surface area (Å²) in [6, 6.07) is 12.8. The minimum atomic E-state index is -4.85. The van der Waals surface area contributed by atoms with Crippen LogP contribution in [0.1, 0.15) is 60.1 Å². The highest BCUT2D eigenvalue weighted by atomic mass is 19.4. The number of carbonyl (C=O) groups excluding carboxylic acids is 3. The summed E-state index contributed by atoms with van der Waals surface area (Å²) in [6.07, 6.45) is -4.46. The predicted molar refractivity (Wildman–Crippen MR) is 144 cm³/mol. The third-order valence-electron chi connectivity index (χ3n) is 8.16. The molecule has 0 spiro atoms. The average molecular weight is 577 g/mol. The fourth-order valence-corrected chi connectivity index (χ4v) is 6.11. The van der Waals surface area contributed by atoms with Gasteiger partial charge in [0.25, 0.3) is 11.8 Å².